The van der Waals surface area contributed by atoms with Crippen LogP contribution in [0.1, 0.15) is 38.0 Å². The number of benzene rings is 1. The maximum absolute atomic E-state index is 14.2. The molecule has 1 unspecified atom stereocenters. The van der Waals surface area contributed by atoms with E-state index < -0.39 is 45.5 Å². The van der Waals surface area contributed by atoms with E-state index in [-0.39, 0.29) is 33.7 Å². The largest absolute Gasteiger partial charge is 0.374 e. The predicted octanol–water partition coefficient (Wildman–Crippen LogP) is 1.99. The molecule has 29 heavy (non-hydrogen) atoms. The standard InChI is InChI=1S/C17H22F3N3O5S/c1-9(2)7-28-10(3)11-5-12-14(6-13(11)17(19,20)8-18)21-16(25)23(15(12)24)22-29(4,26)27/h5-6,9-10,22H,7-8H2,1-4H3,(H,21,25). The van der Waals surface area contributed by atoms with Crippen LogP contribution in [-0.4, -0.2) is 37.6 Å². The van der Waals surface area contributed by atoms with Gasteiger partial charge in [-0.15, -0.1) is 0 Å². The predicted molar refractivity (Wildman–Crippen MR) is 102 cm³/mol. The van der Waals surface area contributed by atoms with Crippen molar-refractivity contribution in [3.63, 3.8) is 0 Å². The Bertz CT molecular complexity index is 1130. The van der Waals surface area contributed by atoms with Crippen LogP contribution in [0.4, 0.5) is 13.2 Å². The van der Waals surface area contributed by atoms with E-state index >= 15 is 0 Å². The minimum Gasteiger partial charge on any atom is -0.374 e. The summed E-state index contributed by atoms with van der Waals surface area (Å²) in [5.74, 6) is -3.79. The third kappa shape index (κ3) is 5.18. The molecule has 2 rings (SSSR count). The average Bonchev–Trinajstić information content (AvgIpc) is 2.61. The quantitative estimate of drug-likeness (QED) is 0.656. The molecule has 1 aromatic carbocycles. The third-order valence-corrected chi connectivity index (χ3v) is 4.52. The van der Waals surface area contributed by atoms with E-state index in [2.05, 4.69) is 4.98 Å². The molecule has 0 fully saturated rings. The van der Waals surface area contributed by atoms with Gasteiger partial charge in [0.1, 0.15) is 0 Å². The van der Waals surface area contributed by atoms with E-state index in [0.29, 0.717) is 0 Å². The lowest BCUT2D eigenvalue weighted by Crippen LogP contribution is -2.43. The Morgan fingerprint density at radius 3 is 2.38 bits per heavy atom. The van der Waals surface area contributed by atoms with Crippen molar-refractivity contribution >= 4 is 20.9 Å². The summed E-state index contributed by atoms with van der Waals surface area (Å²) >= 11 is 0. The molecular formula is C17H22F3N3O5S. The fourth-order valence-electron chi connectivity index (χ4n) is 2.68. The van der Waals surface area contributed by atoms with Gasteiger partial charge in [-0.05, 0) is 30.5 Å². The average molecular weight is 437 g/mol. The number of nitrogens with one attached hydrogen (secondary N) is 2. The second-order valence-corrected chi connectivity index (χ2v) is 8.85. The first-order valence-electron chi connectivity index (χ1n) is 8.63. The SMILES string of the molecule is CC(C)COC(C)c1cc2c(=O)n(NS(C)(=O)=O)c(=O)[nH]c2cc1C(F)(F)CF. The lowest BCUT2D eigenvalue weighted by Gasteiger charge is -2.23. The van der Waals surface area contributed by atoms with E-state index in [1.165, 1.54) is 6.92 Å². The highest BCUT2D eigenvalue weighted by molar-refractivity contribution is 7.91. The van der Waals surface area contributed by atoms with Gasteiger partial charge < -0.3 is 9.72 Å². The van der Waals surface area contributed by atoms with Crippen molar-refractivity contribution in [1.29, 1.82) is 0 Å². The molecular weight excluding hydrogens is 415 g/mol. The van der Waals surface area contributed by atoms with Crippen LogP contribution >= 0.6 is 0 Å². The number of hydrogen-bond acceptors (Lipinski definition) is 5. The summed E-state index contributed by atoms with van der Waals surface area (Å²) in [5, 5.41) is -0.242. The molecule has 0 aliphatic heterocycles. The van der Waals surface area contributed by atoms with Crippen molar-refractivity contribution in [2.45, 2.75) is 32.8 Å². The van der Waals surface area contributed by atoms with Gasteiger partial charge in [-0.1, -0.05) is 13.8 Å². The summed E-state index contributed by atoms with van der Waals surface area (Å²) in [4.78, 5) is 28.6. The van der Waals surface area contributed by atoms with Gasteiger partial charge in [-0.2, -0.15) is 13.5 Å². The zero-order valence-corrected chi connectivity index (χ0v) is 17.1. The molecule has 2 N–H and O–H groups in total. The van der Waals surface area contributed by atoms with Gasteiger partial charge in [0.2, 0.25) is 10.0 Å². The molecule has 1 heterocycles. The zero-order valence-electron chi connectivity index (χ0n) is 16.3. The molecule has 162 valence electrons. The van der Waals surface area contributed by atoms with Crippen molar-refractivity contribution < 1.29 is 26.3 Å². The first-order valence-corrected chi connectivity index (χ1v) is 10.5. The molecule has 0 saturated carbocycles. The number of aromatic amines is 1. The van der Waals surface area contributed by atoms with Gasteiger partial charge >= 0.3 is 11.6 Å². The van der Waals surface area contributed by atoms with E-state index in [4.69, 9.17) is 4.74 Å². The van der Waals surface area contributed by atoms with E-state index in [1.807, 2.05) is 13.8 Å². The molecule has 1 atom stereocenters. The Balaban J connectivity index is 2.79. The summed E-state index contributed by atoms with van der Waals surface area (Å²) in [6.45, 7) is 3.42. The van der Waals surface area contributed by atoms with Gasteiger partial charge in [0.25, 0.3) is 5.56 Å². The Labute approximate surface area is 164 Å². The van der Waals surface area contributed by atoms with Crippen molar-refractivity contribution in [2.75, 3.05) is 24.4 Å². The number of nitrogens with zero attached hydrogens (tertiary/aromatic N) is 1. The Morgan fingerprint density at radius 2 is 1.86 bits per heavy atom. The van der Waals surface area contributed by atoms with Crippen LogP contribution in [0.25, 0.3) is 10.9 Å². The highest BCUT2D eigenvalue weighted by Crippen LogP contribution is 2.36. The van der Waals surface area contributed by atoms with E-state index in [9.17, 15) is 31.2 Å². The van der Waals surface area contributed by atoms with Crippen molar-refractivity contribution in [3.8, 4) is 0 Å². The maximum Gasteiger partial charge on any atom is 0.348 e. The lowest BCUT2D eigenvalue weighted by molar-refractivity contribution is -0.0326. The highest BCUT2D eigenvalue weighted by Gasteiger charge is 2.36. The summed E-state index contributed by atoms with van der Waals surface area (Å²) in [6, 6.07) is 1.87. The molecule has 0 radical (unpaired) electrons. The van der Waals surface area contributed by atoms with Gasteiger partial charge in [0.05, 0.1) is 23.3 Å². The minimum atomic E-state index is -3.97. The number of aromatic nitrogens is 2. The highest BCUT2D eigenvalue weighted by atomic mass is 32.2. The second-order valence-electron chi connectivity index (χ2n) is 7.13. The van der Waals surface area contributed by atoms with Crippen LogP contribution in [0.3, 0.4) is 0 Å². The van der Waals surface area contributed by atoms with Crippen LogP contribution in [0.5, 0.6) is 0 Å². The normalized spacial score (nSPS) is 13.8. The number of H-pyrrole nitrogens is 1. The van der Waals surface area contributed by atoms with Gasteiger partial charge in [0.15, 0.2) is 6.67 Å². The van der Waals surface area contributed by atoms with Gasteiger partial charge in [-0.25, -0.2) is 22.4 Å². The summed E-state index contributed by atoms with van der Waals surface area (Å²) in [7, 11) is -3.97. The number of ether oxygens (including phenoxy) is 1. The molecule has 0 bridgehead atoms. The third-order valence-electron chi connectivity index (χ3n) is 4.00. The summed E-state index contributed by atoms with van der Waals surface area (Å²) < 4.78 is 70.1. The van der Waals surface area contributed by atoms with E-state index in [0.717, 1.165) is 18.4 Å². The number of fused-ring (bicyclic) bond motifs is 1. The Hall–Kier alpha value is -2.34. The molecule has 0 amide bonds. The molecule has 0 saturated heterocycles. The van der Waals surface area contributed by atoms with Crippen LogP contribution < -0.4 is 16.1 Å². The maximum atomic E-state index is 14.2. The first kappa shape index (κ1) is 22.9. The molecule has 2 aromatic rings. The number of hydrogen-bond donors (Lipinski definition) is 2. The first-order chi connectivity index (χ1) is 13.3. The molecule has 0 aliphatic carbocycles. The number of alkyl halides is 3. The minimum absolute atomic E-state index is 0.0931. The van der Waals surface area contributed by atoms with Crippen molar-refractivity contribution in [2.24, 2.45) is 5.92 Å². The number of halogens is 3. The fraction of sp³-hybridized carbons (Fsp3) is 0.529. The van der Waals surface area contributed by atoms with Crippen LogP contribution in [0, 0.1) is 5.92 Å². The topological polar surface area (TPSA) is 110 Å². The monoisotopic (exact) mass is 437 g/mol. The fourth-order valence-corrected chi connectivity index (χ4v) is 3.18. The van der Waals surface area contributed by atoms with Crippen LogP contribution in [-0.2, 0) is 20.7 Å². The van der Waals surface area contributed by atoms with Gasteiger partial charge in [-0.3, -0.25) is 4.79 Å². The van der Waals surface area contributed by atoms with Crippen LogP contribution in [0.15, 0.2) is 21.7 Å². The number of rotatable bonds is 8. The molecule has 0 spiro atoms. The number of sulfonamides is 1. The molecule has 0 aliphatic rings. The lowest BCUT2D eigenvalue weighted by atomic mass is 9.96. The molecule has 12 heteroatoms. The molecule has 8 nitrogen and oxygen atoms in total. The van der Waals surface area contributed by atoms with Crippen molar-refractivity contribution in [3.05, 3.63) is 44.1 Å². The van der Waals surface area contributed by atoms with Crippen molar-refractivity contribution in [1.82, 2.24) is 9.66 Å². The van der Waals surface area contributed by atoms with Gasteiger partial charge in [0, 0.05) is 12.2 Å². The summed E-state index contributed by atoms with van der Waals surface area (Å²) in [5.41, 5.74) is -3.40. The Kier molecular flexibility index (Phi) is 6.48. The molecule has 1 aromatic heterocycles. The summed E-state index contributed by atoms with van der Waals surface area (Å²) in [6.07, 6.45) is -0.182. The second kappa shape index (κ2) is 8.19. The Morgan fingerprint density at radius 1 is 1.24 bits per heavy atom. The van der Waals surface area contributed by atoms with Crippen LogP contribution in [0.2, 0.25) is 0 Å². The smallest absolute Gasteiger partial charge is 0.348 e. The van der Waals surface area contributed by atoms with E-state index in [1.54, 1.807) is 4.83 Å². The zero-order chi connectivity index (χ0) is 22.1.